The summed E-state index contributed by atoms with van der Waals surface area (Å²) in [6.07, 6.45) is 1.95. The van der Waals surface area contributed by atoms with Gasteiger partial charge in [-0.3, -0.25) is 4.99 Å². The second-order valence-electron chi connectivity index (χ2n) is 6.54. The molecule has 0 bridgehead atoms. The van der Waals surface area contributed by atoms with Crippen molar-refractivity contribution >= 4 is 40.4 Å². The van der Waals surface area contributed by atoms with Crippen LogP contribution in [-0.4, -0.2) is 24.5 Å². The molecule has 0 aliphatic carbocycles. The minimum absolute atomic E-state index is 0.179. The molecule has 0 amide bonds. The van der Waals surface area contributed by atoms with Gasteiger partial charge in [-0.25, -0.2) is 0 Å². The second-order valence-corrected chi connectivity index (χ2v) is 7.38. The standard InChI is InChI=1S/C19H20Cl2N4/c20-14-4-1-3-13(11-14)12-23-18-19(7-9-22-10-8-19)25-16-6-2-5-15(21)17(16)24-18/h1-6,11,22,25H,7-10,12H2,(H,23,24). The van der Waals surface area contributed by atoms with Crippen LogP contribution in [0.15, 0.2) is 47.5 Å². The Labute approximate surface area is 157 Å². The summed E-state index contributed by atoms with van der Waals surface area (Å²) in [4.78, 5) is 4.91. The van der Waals surface area contributed by atoms with Gasteiger partial charge < -0.3 is 16.0 Å². The van der Waals surface area contributed by atoms with Crippen LogP contribution in [0.5, 0.6) is 0 Å². The van der Waals surface area contributed by atoms with E-state index in [2.05, 4.69) is 22.0 Å². The lowest BCUT2D eigenvalue weighted by molar-refractivity contribution is 0.419. The van der Waals surface area contributed by atoms with Gasteiger partial charge >= 0.3 is 0 Å². The summed E-state index contributed by atoms with van der Waals surface area (Å²) in [5.74, 6) is 0.953. The van der Waals surface area contributed by atoms with Gasteiger partial charge in [0, 0.05) is 5.02 Å². The Balaban J connectivity index is 1.69. The molecule has 0 unspecified atom stereocenters. The zero-order chi connectivity index (χ0) is 17.3. The van der Waals surface area contributed by atoms with Crippen LogP contribution in [0.3, 0.4) is 0 Å². The Bertz CT molecular complexity index is 813. The van der Waals surface area contributed by atoms with Gasteiger partial charge in [0.1, 0.15) is 5.84 Å². The normalized spacial score (nSPS) is 20.0. The fraction of sp³-hybridized carbons (Fsp3) is 0.316. The highest BCUT2D eigenvalue weighted by Gasteiger charge is 2.41. The summed E-state index contributed by atoms with van der Waals surface area (Å²) in [7, 11) is 0. The number of nitrogens with one attached hydrogen (secondary N) is 3. The van der Waals surface area contributed by atoms with Crippen LogP contribution in [0.2, 0.25) is 10.0 Å². The summed E-state index contributed by atoms with van der Waals surface area (Å²) in [5, 5.41) is 12.1. The number of aliphatic imine (C=N–C) groups is 1. The molecule has 3 N–H and O–H groups in total. The molecule has 130 valence electrons. The number of benzene rings is 2. The minimum Gasteiger partial charge on any atom is -0.371 e. The first-order valence-corrected chi connectivity index (χ1v) is 9.26. The largest absolute Gasteiger partial charge is 0.371 e. The number of halogens is 2. The molecular formula is C19H20Cl2N4. The Hall–Kier alpha value is -1.75. The van der Waals surface area contributed by atoms with Gasteiger partial charge in [0.2, 0.25) is 0 Å². The van der Waals surface area contributed by atoms with Crippen LogP contribution in [0, 0.1) is 0 Å². The first kappa shape index (κ1) is 16.7. The second kappa shape index (κ2) is 6.87. The fourth-order valence-electron chi connectivity index (χ4n) is 3.52. The van der Waals surface area contributed by atoms with Crippen molar-refractivity contribution in [3.05, 3.63) is 58.1 Å². The van der Waals surface area contributed by atoms with E-state index in [1.54, 1.807) is 0 Å². The summed E-state index contributed by atoms with van der Waals surface area (Å²) >= 11 is 12.5. The van der Waals surface area contributed by atoms with Crippen LogP contribution in [0.25, 0.3) is 0 Å². The Morgan fingerprint density at radius 2 is 1.84 bits per heavy atom. The van der Waals surface area contributed by atoms with Crippen molar-refractivity contribution in [2.75, 3.05) is 23.7 Å². The Morgan fingerprint density at radius 1 is 1.04 bits per heavy atom. The molecular weight excluding hydrogens is 355 g/mol. The number of anilines is 2. The summed E-state index contributed by atoms with van der Waals surface area (Å²) in [6, 6.07) is 13.8. The van der Waals surface area contributed by atoms with Gasteiger partial charge in [-0.15, -0.1) is 0 Å². The van der Waals surface area contributed by atoms with Gasteiger partial charge in [-0.05, 0) is 55.8 Å². The molecule has 2 heterocycles. The number of hydrogen-bond acceptors (Lipinski definition) is 3. The maximum absolute atomic E-state index is 6.39. The smallest absolute Gasteiger partial charge is 0.127 e. The van der Waals surface area contributed by atoms with Crippen molar-refractivity contribution in [2.24, 2.45) is 4.99 Å². The number of piperidine rings is 1. The van der Waals surface area contributed by atoms with Gasteiger partial charge in [0.05, 0.1) is 28.5 Å². The molecule has 2 aliphatic heterocycles. The molecule has 2 aromatic rings. The zero-order valence-corrected chi connectivity index (χ0v) is 15.3. The fourth-order valence-corrected chi connectivity index (χ4v) is 3.96. The number of fused-ring (bicyclic) bond motifs is 1. The molecule has 2 aliphatic rings. The van der Waals surface area contributed by atoms with E-state index in [1.807, 2.05) is 36.4 Å². The molecule has 1 spiro atoms. The van der Waals surface area contributed by atoms with Crippen LogP contribution in [0.4, 0.5) is 11.4 Å². The van der Waals surface area contributed by atoms with E-state index in [0.717, 1.165) is 53.7 Å². The Morgan fingerprint density at radius 3 is 2.64 bits per heavy atom. The van der Waals surface area contributed by atoms with E-state index in [4.69, 9.17) is 28.2 Å². The van der Waals surface area contributed by atoms with Crippen LogP contribution in [-0.2, 0) is 6.54 Å². The molecule has 0 atom stereocenters. The summed E-state index contributed by atoms with van der Waals surface area (Å²) in [6.45, 7) is 2.50. The molecule has 4 nitrogen and oxygen atoms in total. The van der Waals surface area contributed by atoms with E-state index >= 15 is 0 Å². The van der Waals surface area contributed by atoms with E-state index in [9.17, 15) is 0 Å². The quantitative estimate of drug-likeness (QED) is 0.722. The van der Waals surface area contributed by atoms with Gasteiger partial charge in [-0.1, -0.05) is 41.4 Å². The molecule has 0 aromatic heterocycles. The van der Waals surface area contributed by atoms with Crippen LogP contribution in [0.1, 0.15) is 18.4 Å². The van der Waals surface area contributed by atoms with E-state index in [1.165, 1.54) is 0 Å². The number of nitrogens with zero attached hydrogens (tertiary/aromatic N) is 1. The predicted octanol–water partition coefficient (Wildman–Crippen LogP) is 4.55. The maximum atomic E-state index is 6.39. The average Bonchev–Trinajstić information content (AvgIpc) is 2.61. The lowest BCUT2D eigenvalue weighted by atomic mass is 9.84. The van der Waals surface area contributed by atoms with Gasteiger partial charge in [0.25, 0.3) is 0 Å². The van der Waals surface area contributed by atoms with Crippen LogP contribution < -0.4 is 16.0 Å². The predicted molar refractivity (Wildman–Crippen MR) is 106 cm³/mol. The van der Waals surface area contributed by atoms with E-state index < -0.39 is 0 Å². The number of para-hydroxylation sites is 1. The molecule has 25 heavy (non-hydrogen) atoms. The highest BCUT2D eigenvalue weighted by molar-refractivity contribution is 6.35. The lowest BCUT2D eigenvalue weighted by Crippen LogP contribution is -2.57. The Kier molecular flexibility index (Phi) is 4.59. The monoisotopic (exact) mass is 374 g/mol. The van der Waals surface area contributed by atoms with E-state index in [-0.39, 0.29) is 5.54 Å². The molecule has 6 heteroatoms. The van der Waals surface area contributed by atoms with Crippen molar-refractivity contribution in [1.29, 1.82) is 0 Å². The summed E-state index contributed by atoms with van der Waals surface area (Å²) in [5.41, 5.74) is 2.85. The lowest BCUT2D eigenvalue weighted by Gasteiger charge is -2.44. The zero-order valence-electron chi connectivity index (χ0n) is 13.8. The summed E-state index contributed by atoms with van der Waals surface area (Å²) < 4.78 is 0. The molecule has 1 fully saturated rings. The van der Waals surface area contributed by atoms with Gasteiger partial charge in [0.15, 0.2) is 0 Å². The third kappa shape index (κ3) is 3.34. The topological polar surface area (TPSA) is 48.5 Å². The average molecular weight is 375 g/mol. The third-order valence-electron chi connectivity index (χ3n) is 4.85. The molecule has 1 saturated heterocycles. The van der Waals surface area contributed by atoms with Crippen molar-refractivity contribution < 1.29 is 0 Å². The van der Waals surface area contributed by atoms with Crippen molar-refractivity contribution in [2.45, 2.75) is 24.9 Å². The molecule has 4 rings (SSSR count). The van der Waals surface area contributed by atoms with Gasteiger partial charge in [-0.2, -0.15) is 0 Å². The number of amidine groups is 1. The van der Waals surface area contributed by atoms with Crippen LogP contribution >= 0.6 is 23.2 Å². The first-order valence-electron chi connectivity index (χ1n) is 8.50. The highest BCUT2D eigenvalue weighted by Crippen LogP contribution is 2.39. The highest BCUT2D eigenvalue weighted by atomic mass is 35.5. The SMILES string of the molecule is Clc1cccc(CN=C2Nc3c(Cl)cccc3NC23CCNCC3)c1. The number of hydrogen-bond donors (Lipinski definition) is 3. The van der Waals surface area contributed by atoms with Crippen molar-refractivity contribution in [1.82, 2.24) is 5.32 Å². The number of rotatable bonds is 2. The van der Waals surface area contributed by atoms with E-state index in [0.29, 0.717) is 11.6 Å². The third-order valence-corrected chi connectivity index (χ3v) is 5.40. The molecule has 2 aromatic carbocycles. The maximum Gasteiger partial charge on any atom is 0.127 e. The molecule has 0 radical (unpaired) electrons. The van der Waals surface area contributed by atoms with Crippen molar-refractivity contribution in [3.63, 3.8) is 0 Å². The molecule has 0 saturated carbocycles. The minimum atomic E-state index is -0.179. The van der Waals surface area contributed by atoms with Crippen molar-refractivity contribution in [3.8, 4) is 0 Å². The first-order chi connectivity index (χ1) is 12.2.